The summed E-state index contributed by atoms with van der Waals surface area (Å²) in [6.07, 6.45) is -0.464. The number of carbonyl (C=O) groups excluding carboxylic acids is 1. The molecular formula is C14H20N4O4. The molecule has 0 atom stereocenters. The van der Waals surface area contributed by atoms with Crippen molar-refractivity contribution in [3.8, 4) is 0 Å². The molecule has 120 valence electrons. The molecule has 0 saturated heterocycles. The van der Waals surface area contributed by atoms with Crippen molar-refractivity contribution in [1.82, 2.24) is 9.80 Å². The number of amides is 1. The lowest BCUT2D eigenvalue weighted by Crippen LogP contribution is -2.36. The van der Waals surface area contributed by atoms with Gasteiger partial charge in [-0.1, -0.05) is 18.2 Å². The van der Waals surface area contributed by atoms with Crippen LogP contribution < -0.4 is 0 Å². The molecule has 0 bridgehead atoms. The van der Waals surface area contributed by atoms with Gasteiger partial charge in [0, 0.05) is 46.2 Å². The summed E-state index contributed by atoms with van der Waals surface area (Å²) >= 11 is 0. The fraction of sp³-hybridized carbons (Fsp3) is 0.429. The molecular weight excluding hydrogens is 288 g/mol. The first-order valence-electron chi connectivity index (χ1n) is 6.65. The van der Waals surface area contributed by atoms with Crippen molar-refractivity contribution in [1.29, 1.82) is 0 Å². The molecule has 0 aliphatic carbocycles. The highest BCUT2D eigenvalue weighted by molar-refractivity contribution is 5.89. The zero-order chi connectivity index (χ0) is 16.7. The summed E-state index contributed by atoms with van der Waals surface area (Å²) in [4.78, 5) is 29.3. The van der Waals surface area contributed by atoms with Crippen molar-refractivity contribution in [3.63, 3.8) is 0 Å². The van der Waals surface area contributed by atoms with Crippen LogP contribution in [-0.2, 0) is 11.2 Å². The van der Waals surface area contributed by atoms with Gasteiger partial charge in [-0.15, -0.1) is 4.99 Å². The van der Waals surface area contributed by atoms with Crippen LogP contribution in [0.15, 0.2) is 29.3 Å². The standard InChI is InChI=1S/C14H20N4O4/c1-16(2)13(17(3)4)15-14(19)22-10-9-11-7-5-6-8-12(11)18(20)21/h5-8H,9-10H2,1-4H3. The molecule has 1 amide bonds. The first-order chi connectivity index (χ1) is 10.3. The lowest BCUT2D eigenvalue weighted by atomic mass is 10.1. The van der Waals surface area contributed by atoms with Gasteiger partial charge in [-0.25, -0.2) is 4.79 Å². The van der Waals surface area contributed by atoms with Crippen LogP contribution in [-0.4, -0.2) is 61.6 Å². The molecule has 0 unspecified atom stereocenters. The van der Waals surface area contributed by atoms with Crippen molar-refractivity contribution in [2.75, 3.05) is 34.8 Å². The van der Waals surface area contributed by atoms with Gasteiger partial charge in [-0.3, -0.25) is 10.1 Å². The molecule has 1 rings (SSSR count). The number of nitrogens with zero attached hydrogens (tertiary/aromatic N) is 4. The topological polar surface area (TPSA) is 88.3 Å². The number of carbonyl (C=O) groups is 1. The summed E-state index contributed by atoms with van der Waals surface area (Å²) in [7, 11) is 7.05. The minimum atomic E-state index is -0.726. The molecule has 0 saturated carbocycles. The number of ether oxygens (including phenoxy) is 1. The van der Waals surface area contributed by atoms with Crippen molar-refractivity contribution >= 4 is 17.7 Å². The maximum atomic E-state index is 11.7. The molecule has 0 aliphatic heterocycles. The second-order valence-corrected chi connectivity index (χ2v) is 4.95. The van der Waals surface area contributed by atoms with E-state index < -0.39 is 11.0 Å². The maximum Gasteiger partial charge on any atom is 0.436 e. The first-order valence-corrected chi connectivity index (χ1v) is 6.65. The number of rotatable bonds is 4. The Labute approximate surface area is 129 Å². The van der Waals surface area contributed by atoms with Gasteiger partial charge in [-0.05, 0) is 0 Å². The van der Waals surface area contributed by atoms with E-state index in [9.17, 15) is 14.9 Å². The lowest BCUT2D eigenvalue weighted by Gasteiger charge is -2.21. The Morgan fingerprint density at radius 2 is 1.82 bits per heavy atom. The second kappa shape index (κ2) is 7.96. The van der Waals surface area contributed by atoms with Gasteiger partial charge in [0.25, 0.3) is 5.69 Å². The van der Waals surface area contributed by atoms with E-state index in [0.29, 0.717) is 11.5 Å². The van der Waals surface area contributed by atoms with E-state index >= 15 is 0 Å². The molecule has 1 aromatic carbocycles. The minimum absolute atomic E-state index is 0.0179. The van der Waals surface area contributed by atoms with Crippen LogP contribution in [0.3, 0.4) is 0 Å². The third-order valence-electron chi connectivity index (χ3n) is 2.78. The molecule has 0 aliphatic rings. The van der Waals surface area contributed by atoms with Gasteiger partial charge in [0.05, 0.1) is 11.5 Å². The highest BCUT2D eigenvalue weighted by atomic mass is 16.6. The van der Waals surface area contributed by atoms with Gasteiger partial charge in [0.2, 0.25) is 5.96 Å². The molecule has 8 heteroatoms. The average molecular weight is 308 g/mol. The number of hydrogen-bond donors (Lipinski definition) is 0. The lowest BCUT2D eigenvalue weighted by molar-refractivity contribution is -0.385. The monoisotopic (exact) mass is 308 g/mol. The van der Waals surface area contributed by atoms with Gasteiger partial charge in [0.1, 0.15) is 0 Å². The van der Waals surface area contributed by atoms with E-state index in [1.54, 1.807) is 56.2 Å². The third-order valence-corrected chi connectivity index (χ3v) is 2.78. The van der Waals surface area contributed by atoms with E-state index in [1.807, 2.05) is 0 Å². The van der Waals surface area contributed by atoms with Crippen LogP contribution in [0.1, 0.15) is 5.56 Å². The van der Waals surface area contributed by atoms with Gasteiger partial charge < -0.3 is 14.5 Å². The number of para-hydroxylation sites is 1. The zero-order valence-electron chi connectivity index (χ0n) is 13.1. The molecule has 0 radical (unpaired) electrons. The third kappa shape index (κ3) is 5.04. The fourth-order valence-electron chi connectivity index (χ4n) is 1.86. The summed E-state index contributed by atoms with van der Waals surface area (Å²) in [6, 6.07) is 6.36. The van der Waals surface area contributed by atoms with E-state index in [-0.39, 0.29) is 18.7 Å². The Bertz CT molecular complexity index is 560. The van der Waals surface area contributed by atoms with Gasteiger partial charge in [0.15, 0.2) is 0 Å². The average Bonchev–Trinajstić information content (AvgIpc) is 2.44. The first kappa shape index (κ1) is 17.4. The van der Waals surface area contributed by atoms with Crippen LogP contribution in [0.2, 0.25) is 0 Å². The van der Waals surface area contributed by atoms with Gasteiger partial charge >= 0.3 is 6.09 Å². The predicted molar refractivity (Wildman–Crippen MR) is 83.0 cm³/mol. The molecule has 0 heterocycles. The summed E-state index contributed by atoms with van der Waals surface area (Å²) in [5.74, 6) is 0.454. The molecule has 22 heavy (non-hydrogen) atoms. The Morgan fingerprint density at radius 1 is 1.23 bits per heavy atom. The Balaban J connectivity index is 2.63. The molecule has 0 spiro atoms. The summed E-state index contributed by atoms with van der Waals surface area (Å²) in [5.41, 5.74) is 0.536. The quantitative estimate of drug-likeness (QED) is 0.364. The van der Waals surface area contributed by atoms with Crippen LogP contribution in [0.5, 0.6) is 0 Å². The SMILES string of the molecule is CN(C)C(=NC(=O)OCCc1ccccc1[N+](=O)[O-])N(C)C. The largest absolute Gasteiger partial charge is 0.447 e. The van der Waals surface area contributed by atoms with Crippen molar-refractivity contribution < 1.29 is 14.5 Å². The molecule has 0 fully saturated rings. The number of hydrogen-bond acceptors (Lipinski definition) is 4. The van der Waals surface area contributed by atoms with E-state index in [1.165, 1.54) is 6.07 Å². The summed E-state index contributed by atoms with van der Waals surface area (Å²) < 4.78 is 5.01. The van der Waals surface area contributed by atoms with Crippen molar-refractivity contribution in [2.24, 2.45) is 4.99 Å². The summed E-state index contributed by atoms with van der Waals surface area (Å²) in [6.45, 7) is 0.0291. The van der Waals surface area contributed by atoms with Crippen molar-refractivity contribution in [2.45, 2.75) is 6.42 Å². The smallest absolute Gasteiger partial charge is 0.436 e. The highest BCUT2D eigenvalue weighted by Crippen LogP contribution is 2.18. The van der Waals surface area contributed by atoms with E-state index in [0.717, 1.165) is 0 Å². The second-order valence-electron chi connectivity index (χ2n) is 4.95. The number of aliphatic imine (C=N–C) groups is 1. The fourth-order valence-corrected chi connectivity index (χ4v) is 1.86. The Morgan fingerprint density at radius 3 is 2.36 bits per heavy atom. The van der Waals surface area contributed by atoms with Crippen LogP contribution in [0, 0.1) is 10.1 Å². The zero-order valence-corrected chi connectivity index (χ0v) is 13.1. The minimum Gasteiger partial charge on any atom is -0.447 e. The van der Waals surface area contributed by atoms with Crippen molar-refractivity contribution in [3.05, 3.63) is 39.9 Å². The molecule has 1 aromatic rings. The maximum absolute atomic E-state index is 11.7. The normalized spacial score (nSPS) is 9.82. The van der Waals surface area contributed by atoms with Crippen LogP contribution in [0.4, 0.5) is 10.5 Å². The summed E-state index contributed by atoms with van der Waals surface area (Å²) in [5, 5.41) is 10.9. The highest BCUT2D eigenvalue weighted by Gasteiger charge is 2.13. The van der Waals surface area contributed by atoms with E-state index in [4.69, 9.17) is 4.74 Å². The van der Waals surface area contributed by atoms with Gasteiger partial charge in [-0.2, -0.15) is 0 Å². The molecule has 0 N–H and O–H groups in total. The van der Waals surface area contributed by atoms with E-state index in [2.05, 4.69) is 4.99 Å². The number of nitro benzene ring substituents is 1. The van der Waals surface area contributed by atoms with Crippen LogP contribution in [0.25, 0.3) is 0 Å². The predicted octanol–water partition coefficient (Wildman–Crippen LogP) is 1.75. The number of guanidine groups is 1. The number of nitro groups is 1. The number of benzene rings is 1. The Hall–Kier alpha value is -2.64. The molecule has 0 aromatic heterocycles. The van der Waals surface area contributed by atoms with Crippen LogP contribution >= 0.6 is 0 Å². The Kier molecular flexibility index (Phi) is 6.30. The molecule has 8 nitrogen and oxygen atoms in total.